The van der Waals surface area contributed by atoms with Crippen LogP contribution in [0.25, 0.3) is 98.3 Å². The van der Waals surface area contributed by atoms with Crippen LogP contribution in [0.5, 0.6) is 0 Å². The molecule has 0 atom stereocenters. The van der Waals surface area contributed by atoms with Crippen molar-refractivity contribution >= 4 is 53.6 Å². The Kier molecular flexibility index (Phi) is 6.68. The monoisotopic (exact) mass is 656 g/mol. The number of thiophene rings is 1. The third-order valence-corrected chi connectivity index (χ3v) is 10.6. The molecule has 4 heteroatoms. The SMILES string of the molecule is c1ccc(-c2nc(-c3cccc(-c4cccc(-c5cccc(-c6cccc7c6oc6ccccc67)c5)c4)c3)nc3sc4ccccc4c23)cc1. The Hall–Kier alpha value is -6.36. The van der Waals surface area contributed by atoms with E-state index in [9.17, 15) is 0 Å². The van der Waals surface area contributed by atoms with Crippen LogP contribution >= 0.6 is 11.3 Å². The molecule has 3 nitrogen and oxygen atoms in total. The first-order valence-electron chi connectivity index (χ1n) is 16.7. The quantitative estimate of drug-likeness (QED) is 0.185. The first-order chi connectivity index (χ1) is 24.8. The van der Waals surface area contributed by atoms with E-state index < -0.39 is 0 Å². The largest absolute Gasteiger partial charge is 0.455 e. The summed E-state index contributed by atoms with van der Waals surface area (Å²) >= 11 is 1.72. The van der Waals surface area contributed by atoms with Gasteiger partial charge in [0, 0.05) is 42.9 Å². The summed E-state index contributed by atoms with van der Waals surface area (Å²) in [6.07, 6.45) is 0. The van der Waals surface area contributed by atoms with Crippen molar-refractivity contribution in [2.75, 3.05) is 0 Å². The molecular weight excluding hydrogens is 629 g/mol. The lowest BCUT2D eigenvalue weighted by atomic mass is 9.95. The van der Waals surface area contributed by atoms with E-state index >= 15 is 0 Å². The van der Waals surface area contributed by atoms with Crippen molar-refractivity contribution in [3.63, 3.8) is 0 Å². The van der Waals surface area contributed by atoms with Crippen molar-refractivity contribution in [2.24, 2.45) is 0 Å². The Morgan fingerprint density at radius 3 is 1.76 bits per heavy atom. The molecule has 234 valence electrons. The van der Waals surface area contributed by atoms with E-state index in [1.165, 1.54) is 10.1 Å². The van der Waals surface area contributed by atoms with Gasteiger partial charge in [-0.25, -0.2) is 9.97 Å². The summed E-state index contributed by atoms with van der Waals surface area (Å²) in [5.41, 5.74) is 11.7. The summed E-state index contributed by atoms with van der Waals surface area (Å²) in [6, 6.07) is 59.7. The molecule has 0 bridgehead atoms. The van der Waals surface area contributed by atoms with E-state index in [0.717, 1.165) is 88.2 Å². The number of benzene rings is 7. The van der Waals surface area contributed by atoms with Gasteiger partial charge in [-0.1, -0.05) is 140 Å². The number of aromatic nitrogens is 2. The highest BCUT2D eigenvalue weighted by molar-refractivity contribution is 7.25. The summed E-state index contributed by atoms with van der Waals surface area (Å²) in [7, 11) is 0. The fourth-order valence-corrected chi connectivity index (χ4v) is 8.19. The number of hydrogen-bond donors (Lipinski definition) is 0. The molecule has 0 unspecified atom stereocenters. The Labute approximate surface area is 292 Å². The number of hydrogen-bond acceptors (Lipinski definition) is 4. The van der Waals surface area contributed by atoms with Gasteiger partial charge in [0.05, 0.1) is 5.69 Å². The average molecular weight is 657 g/mol. The second-order valence-electron chi connectivity index (χ2n) is 12.6. The molecule has 0 amide bonds. The summed E-state index contributed by atoms with van der Waals surface area (Å²) in [6.45, 7) is 0. The van der Waals surface area contributed by atoms with Crippen LogP contribution in [-0.2, 0) is 0 Å². The second-order valence-corrected chi connectivity index (χ2v) is 13.6. The number of fused-ring (bicyclic) bond motifs is 6. The first kappa shape index (κ1) is 28.6. The highest BCUT2D eigenvalue weighted by Gasteiger charge is 2.17. The molecule has 10 rings (SSSR count). The van der Waals surface area contributed by atoms with Crippen LogP contribution in [0.4, 0.5) is 0 Å². The topological polar surface area (TPSA) is 38.9 Å². The van der Waals surface area contributed by atoms with Crippen molar-refractivity contribution in [1.82, 2.24) is 9.97 Å². The van der Waals surface area contributed by atoms with E-state index in [1.807, 2.05) is 18.2 Å². The molecule has 0 N–H and O–H groups in total. The molecule has 0 saturated heterocycles. The fourth-order valence-electron chi connectivity index (χ4n) is 7.11. The van der Waals surface area contributed by atoms with Gasteiger partial charge >= 0.3 is 0 Å². The zero-order valence-corrected chi connectivity index (χ0v) is 27.7. The molecule has 0 saturated carbocycles. The molecule has 50 heavy (non-hydrogen) atoms. The van der Waals surface area contributed by atoms with Gasteiger partial charge in [0.2, 0.25) is 0 Å². The minimum Gasteiger partial charge on any atom is -0.455 e. The van der Waals surface area contributed by atoms with Crippen LogP contribution in [0.3, 0.4) is 0 Å². The lowest BCUT2D eigenvalue weighted by Gasteiger charge is -2.11. The predicted molar refractivity (Wildman–Crippen MR) is 209 cm³/mol. The summed E-state index contributed by atoms with van der Waals surface area (Å²) < 4.78 is 7.59. The van der Waals surface area contributed by atoms with Gasteiger partial charge in [-0.15, -0.1) is 11.3 Å². The Bertz CT molecular complexity index is 2880. The van der Waals surface area contributed by atoms with Crippen molar-refractivity contribution in [1.29, 1.82) is 0 Å². The van der Waals surface area contributed by atoms with Crippen molar-refractivity contribution < 1.29 is 4.42 Å². The van der Waals surface area contributed by atoms with Gasteiger partial charge in [-0.3, -0.25) is 0 Å². The lowest BCUT2D eigenvalue weighted by Crippen LogP contribution is -1.94. The van der Waals surface area contributed by atoms with Crippen LogP contribution < -0.4 is 0 Å². The Morgan fingerprint density at radius 2 is 0.980 bits per heavy atom. The summed E-state index contributed by atoms with van der Waals surface area (Å²) in [4.78, 5) is 11.4. The molecule has 10 aromatic rings. The van der Waals surface area contributed by atoms with Crippen LogP contribution in [-0.4, -0.2) is 9.97 Å². The molecule has 3 heterocycles. The third-order valence-electron chi connectivity index (χ3n) is 9.51. The molecule has 0 fully saturated rings. The van der Waals surface area contributed by atoms with Gasteiger partial charge in [0.25, 0.3) is 0 Å². The zero-order valence-electron chi connectivity index (χ0n) is 26.9. The molecule has 0 aliphatic carbocycles. The maximum absolute atomic E-state index is 6.37. The van der Waals surface area contributed by atoms with E-state index in [4.69, 9.17) is 14.4 Å². The molecule has 0 spiro atoms. The normalized spacial score (nSPS) is 11.6. The minimum atomic E-state index is 0.730. The van der Waals surface area contributed by atoms with E-state index in [1.54, 1.807) is 11.3 Å². The molecule has 0 radical (unpaired) electrons. The molecular formula is C46H28N2OS. The fraction of sp³-hybridized carbons (Fsp3) is 0. The molecule has 3 aromatic heterocycles. The van der Waals surface area contributed by atoms with Gasteiger partial charge in [0.15, 0.2) is 5.82 Å². The second kappa shape index (κ2) is 11.7. The first-order valence-corrected chi connectivity index (χ1v) is 17.6. The van der Waals surface area contributed by atoms with Crippen LogP contribution in [0.1, 0.15) is 0 Å². The lowest BCUT2D eigenvalue weighted by molar-refractivity contribution is 0.670. The van der Waals surface area contributed by atoms with Gasteiger partial charge in [-0.05, 0) is 58.1 Å². The smallest absolute Gasteiger partial charge is 0.161 e. The zero-order chi connectivity index (χ0) is 33.0. The maximum Gasteiger partial charge on any atom is 0.161 e. The van der Waals surface area contributed by atoms with Crippen LogP contribution in [0.15, 0.2) is 174 Å². The number of para-hydroxylation sites is 2. The Morgan fingerprint density at radius 1 is 0.420 bits per heavy atom. The minimum absolute atomic E-state index is 0.730. The number of furan rings is 1. The Balaban J connectivity index is 1.04. The van der Waals surface area contributed by atoms with E-state index in [0.29, 0.717) is 0 Å². The summed E-state index contributed by atoms with van der Waals surface area (Å²) in [5.74, 6) is 0.730. The highest BCUT2D eigenvalue weighted by Crippen LogP contribution is 2.40. The van der Waals surface area contributed by atoms with Crippen LogP contribution in [0, 0.1) is 0 Å². The number of rotatable bonds is 5. The van der Waals surface area contributed by atoms with Crippen molar-refractivity contribution in [3.8, 4) is 56.0 Å². The van der Waals surface area contributed by atoms with Crippen molar-refractivity contribution in [3.05, 3.63) is 170 Å². The van der Waals surface area contributed by atoms with Gasteiger partial charge in [-0.2, -0.15) is 0 Å². The predicted octanol–water partition coefficient (Wildman–Crippen LogP) is 13.1. The average Bonchev–Trinajstić information content (AvgIpc) is 3.77. The standard InChI is InChI=1S/C46H28N2OS/c1-2-12-29(13-3-1)43-42-39-21-5-7-25-41(39)50-46(42)48-45(47-43)35-19-10-17-33(28-35)31-15-8-14-30(26-31)32-16-9-18-34(27-32)36-22-11-23-38-37-20-4-6-24-40(37)49-44(36)38/h1-28H. The molecule has 0 aliphatic rings. The van der Waals surface area contributed by atoms with Crippen LogP contribution in [0.2, 0.25) is 0 Å². The molecule has 0 aliphatic heterocycles. The highest BCUT2D eigenvalue weighted by atomic mass is 32.1. The maximum atomic E-state index is 6.37. The molecule has 7 aromatic carbocycles. The third kappa shape index (κ3) is 4.80. The summed E-state index contributed by atoms with van der Waals surface area (Å²) in [5, 5.41) is 4.59. The van der Waals surface area contributed by atoms with E-state index in [-0.39, 0.29) is 0 Å². The number of nitrogens with zero attached hydrogens (tertiary/aromatic N) is 2. The van der Waals surface area contributed by atoms with Crippen molar-refractivity contribution in [2.45, 2.75) is 0 Å². The van der Waals surface area contributed by atoms with Gasteiger partial charge in [0.1, 0.15) is 16.0 Å². The van der Waals surface area contributed by atoms with Gasteiger partial charge < -0.3 is 4.42 Å². The van der Waals surface area contributed by atoms with E-state index in [2.05, 4.69) is 152 Å².